The van der Waals surface area contributed by atoms with E-state index in [1.165, 1.54) is 27.5 Å². The van der Waals surface area contributed by atoms with Gasteiger partial charge in [-0.3, -0.25) is 9.69 Å². The quantitative estimate of drug-likeness (QED) is 0.441. The largest absolute Gasteiger partial charge is 0.497 e. The third kappa shape index (κ3) is 6.01. The zero-order chi connectivity index (χ0) is 23.4. The molecule has 1 aliphatic rings. The lowest BCUT2D eigenvalue weighted by Crippen LogP contribution is -2.35. The molecule has 0 saturated carbocycles. The molecule has 0 unspecified atom stereocenters. The Morgan fingerprint density at radius 3 is 2.42 bits per heavy atom. The molecule has 33 heavy (non-hydrogen) atoms. The summed E-state index contributed by atoms with van der Waals surface area (Å²) in [6, 6.07) is 19.1. The molecular weight excluding hydrogens is 435 g/mol. The highest BCUT2D eigenvalue weighted by molar-refractivity contribution is 7.11. The minimum Gasteiger partial charge on any atom is -0.497 e. The molecule has 4 rings (SSSR count). The van der Waals surface area contributed by atoms with Crippen LogP contribution in [-0.2, 0) is 17.9 Å². The third-order valence-corrected chi connectivity index (χ3v) is 7.41. The van der Waals surface area contributed by atoms with Gasteiger partial charge in [0.1, 0.15) is 11.6 Å². The number of nitrogens with zero attached hydrogens (tertiary/aromatic N) is 2. The summed E-state index contributed by atoms with van der Waals surface area (Å²) in [4.78, 5) is 19.6. The Kier molecular flexibility index (Phi) is 7.46. The Balaban J connectivity index is 1.53. The van der Waals surface area contributed by atoms with Crippen molar-refractivity contribution in [3.8, 4) is 5.75 Å². The summed E-state index contributed by atoms with van der Waals surface area (Å²) in [5.41, 5.74) is 2.22. The Hall–Kier alpha value is -2.70. The smallest absolute Gasteiger partial charge is 0.219 e. The number of methoxy groups -OCH3 is 1. The van der Waals surface area contributed by atoms with E-state index < -0.39 is 0 Å². The lowest BCUT2D eigenvalue weighted by molar-refractivity contribution is -0.130. The fraction of sp³-hybridized carbons (Fsp3) is 0.370. The Bertz CT molecular complexity index is 1060. The van der Waals surface area contributed by atoms with Crippen LogP contribution in [0.25, 0.3) is 0 Å². The van der Waals surface area contributed by atoms with Crippen molar-refractivity contribution in [1.29, 1.82) is 0 Å². The summed E-state index contributed by atoms with van der Waals surface area (Å²) in [5.74, 6) is 1.26. The first-order valence-electron chi connectivity index (χ1n) is 11.3. The lowest BCUT2D eigenvalue weighted by atomic mass is 9.88. The molecule has 6 heteroatoms. The monoisotopic (exact) mass is 466 g/mol. The van der Waals surface area contributed by atoms with Gasteiger partial charge in [-0.05, 0) is 60.4 Å². The van der Waals surface area contributed by atoms with Crippen molar-refractivity contribution in [2.45, 2.75) is 32.9 Å². The normalized spacial score (nSPS) is 18.4. The van der Waals surface area contributed by atoms with Gasteiger partial charge in [0, 0.05) is 55.3 Å². The lowest BCUT2D eigenvalue weighted by Gasteiger charge is -2.28. The molecule has 0 spiro atoms. The number of carbonyl (C=O) groups excluding carboxylic acids is 1. The van der Waals surface area contributed by atoms with Crippen molar-refractivity contribution in [1.82, 2.24) is 9.80 Å². The number of likely N-dealkylation sites (tertiary alicyclic amines) is 1. The van der Waals surface area contributed by atoms with Crippen LogP contribution in [0.15, 0.2) is 60.7 Å². The second kappa shape index (κ2) is 10.5. The molecule has 1 aliphatic heterocycles. The van der Waals surface area contributed by atoms with E-state index in [0.29, 0.717) is 24.9 Å². The van der Waals surface area contributed by atoms with Crippen LogP contribution in [0, 0.1) is 18.7 Å². The molecule has 1 aromatic heterocycles. The van der Waals surface area contributed by atoms with Gasteiger partial charge in [-0.1, -0.05) is 24.3 Å². The van der Waals surface area contributed by atoms with Gasteiger partial charge in [0.25, 0.3) is 0 Å². The van der Waals surface area contributed by atoms with E-state index in [0.717, 1.165) is 30.9 Å². The van der Waals surface area contributed by atoms with Crippen LogP contribution in [0.5, 0.6) is 5.75 Å². The average molecular weight is 467 g/mol. The van der Waals surface area contributed by atoms with E-state index >= 15 is 0 Å². The van der Waals surface area contributed by atoms with Crippen molar-refractivity contribution >= 4 is 17.2 Å². The van der Waals surface area contributed by atoms with Gasteiger partial charge in [-0.15, -0.1) is 11.3 Å². The highest BCUT2D eigenvalue weighted by Gasteiger charge is 2.35. The van der Waals surface area contributed by atoms with Gasteiger partial charge in [-0.25, -0.2) is 4.39 Å². The third-order valence-electron chi connectivity index (χ3n) is 6.42. The van der Waals surface area contributed by atoms with E-state index in [4.69, 9.17) is 4.74 Å². The van der Waals surface area contributed by atoms with Gasteiger partial charge < -0.3 is 9.64 Å². The molecule has 0 aliphatic carbocycles. The fourth-order valence-corrected chi connectivity index (χ4v) is 5.62. The van der Waals surface area contributed by atoms with Gasteiger partial charge in [-0.2, -0.15) is 0 Å². The first-order valence-corrected chi connectivity index (χ1v) is 12.1. The van der Waals surface area contributed by atoms with Crippen molar-refractivity contribution < 1.29 is 13.9 Å². The fourth-order valence-electron chi connectivity index (χ4n) is 4.69. The summed E-state index contributed by atoms with van der Waals surface area (Å²) in [6.45, 7) is 7.74. The first-order chi connectivity index (χ1) is 15.9. The molecule has 3 aromatic rings. The summed E-state index contributed by atoms with van der Waals surface area (Å²) in [6.07, 6.45) is 0. The molecule has 0 radical (unpaired) electrons. The van der Waals surface area contributed by atoms with Crippen molar-refractivity contribution in [3.05, 3.63) is 87.4 Å². The van der Waals surface area contributed by atoms with Gasteiger partial charge in [0.2, 0.25) is 5.91 Å². The van der Waals surface area contributed by atoms with E-state index in [1.807, 2.05) is 28.4 Å². The zero-order valence-corrected chi connectivity index (χ0v) is 20.3. The molecule has 2 aromatic carbocycles. The van der Waals surface area contributed by atoms with Gasteiger partial charge >= 0.3 is 0 Å². The molecule has 2 atom stereocenters. The number of amides is 1. The van der Waals surface area contributed by atoms with Crippen molar-refractivity contribution in [2.24, 2.45) is 5.92 Å². The molecule has 4 nitrogen and oxygen atoms in total. The second-order valence-corrected chi connectivity index (χ2v) is 10.2. The van der Waals surface area contributed by atoms with Gasteiger partial charge in [0.15, 0.2) is 0 Å². The molecule has 0 bridgehead atoms. The molecule has 1 amide bonds. The van der Waals surface area contributed by atoms with Crippen LogP contribution < -0.4 is 4.74 Å². The summed E-state index contributed by atoms with van der Waals surface area (Å²) in [5, 5.41) is 0. The number of hydrogen-bond acceptors (Lipinski definition) is 4. The highest BCUT2D eigenvalue weighted by atomic mass is 32.1. The first kappa shape index (κ1) is 23.5. The van der Waals surface area contributed by atoms with Crippen LogP contribution in [0.2, 0.25) is 0 Å². The Morgan fingerprint density at radius 2 is 1.82 bits per heavy atom. The van der Waals surface area contributed by atoms with Crippen molar-refractivity contribution in [2.75, 3.05) is 26.7 Å². The number of aryl methyl sites for hydroxylation is 1. The van der Waals surface area contributed by atoms with Crippen LogP contribution in [0.4, 0.5) is 4.39 Å². The van der Waals surface area contributed by atoms with Crippen LogP contribution in [0.1, 0.15) is 33.7 Å². The molecular formula is C27H31FN2O2S. The minimum absolute atomic E-state index is 0.0418. The Labute approximate surface area is 199 Å². The summed E-state index contributed by atoms with van der Waals surface area (Å²) < 4.78 is 18.7. The number of ether oxygens (including phenoxy) is 1. The number of hydrogen-bond donors (Lipinski definition) is 0. The van der Waals surface area contributed by atoms with Crippen molar-refractivity contribution in [3.63, 3.8) is 0 Å². The number of thiophene rings is 1. The van der Waals surface area contributed by atoms with E-state index in [-0.39, 0.29) is 11.7 Å². The highest BCUT2D eigenvalue weighted by Crippen LogP contribution is 2.35. The summed E-state index contributed by atoms with van der Waals surface area (Å²) in [7, 11) is 1.68. The Morgan fingerprint density at radius 1 is 1.09 bits per heavy atom. The summed E-state index contributed by atoms with van der Waals surface area (Å²) >= 11 is 1.85. The topological polar surface area (TPSA) is 32.8 Å². The molecule has 174 valence electrons. The number of benzene rings is 2. The number of rotatable bonds is 8. The molecule has 1 saturated heterocycles. The maximum atomic E-state index is 13.3. The second-order valence-electron chi connectivity index (χ2n) is 8.87. The maximum Gasteiger partial charge on any atom is 0.219 e. The van der Waals surface area contributed by atoms with E-state index in [9.17, 15) is 9.18 Å². The SMILES string of the molecule is COc1ccc([C@H]2CN(Cc3ccc(C)s3)C[C@@H]2CN(Cc2ccc(F)cc2)C(C)=O)cc1. The molecule has 0 N–H and O–H groups in total. The average Bonchev–Trinajstić information content (AvgIpc) is 3.40. The number of halogens is 1. The van der Waals surface area contributed by atoms with E-state index in [1.54, 1.807) is 26.2 Å². The molecule has 1 fully saturated rings. The van der Waals surface area contributed by atoms with Gasteiger partial charge in [0.05, 0.1) is 7.11 Å². The number of carbonyl (C=O) groups is 1. The maximum absolute atomic E-state index is 13.3. The van der Waals surface area contributed by atoms with Crippen LogP contribution in [-0.4, -0.2) is 42.5 Å². The van der Waals surface area contributed by atoms with E-state index in [2.05, 4.69) is 36.1 Å². The predicted octanol–water partition coefficient (Wildman–Crippen LogP) is 5.47. The van der Waals surface area contributed by atoms with Crippen LogP contribution >= 0.6 is 11.3 Å². The minimum atomic E-state index is -0.261. The predicted molar refractivity (Wildman–Crippen MR) is 131 cm³/mol. The zero-order valence-electron chi connectivity index (χ0n) is 19.5. The standard InChI is InChI=1S/C27H31FN2O2S/c1-19-4-13-26(33-19)17-29-15-23(27(18-29)22-7-11-25(32-3)12-8-22)16-30(20(2)31)14-21-5-9-24(28)10-6-21/h4-13,23,27H,14-18H2,1-3H3/t23-,27-/m1/s1. The van der Waals surface area contributed by atoms with Crippen LogP contribution in [0.3, 0.4) is 0 Å². The molecule has 2 heterocycles.